The highest BCUT2D eigenvalue weighted by molar-refractivity contribution is 5.95. The minimum absolute atomic E-state index is 0.311. The maximum absolute atomic E-state index is 11.7. The van der Waals surface area contributed by atoms with Crippen LogP contribution < -0.4 is 10.1 Å². The number of methoxy groups -OCH3 is 1. The van der Waals surface area contributed by atoms with Gasteiger partial charge < -0.3 is 14.2 Å². The van der Waals surface area contributed by atoms with Gasteiger partial charge in [0.2, 0.25) is 0 Å². The molecule has 1 aliphatic carbocycles. The van der Waals surface area contributed by atoms with E-state index in [9.17, 15) is 14.4 Å². The number of carbonyl (C=O) groups excluding carboxylic acids is 3. The van der Waals surface area contributed by atoms with E-state index in [1.807, 2.05) is 23.5 Å². The van der Waals surface area contributed by atoms with Crippen molar-refractivity contribution in [2.24, 2.45) is 0 Å². The van der Waals surface area contributed by atoms with Crippen LogP contribution in [0.4, 0.5) is 4.79 Å². The van der Waals surface area contributed by atoms with Gasteiger partial charge in [0, 0.05) is 0 Å². The Kier molecular flexibility index (Phi) is 5.56. The SMILES string of the molecule is COC(=O)NC(=O)[C@@H](C)OC(=O)COc1ccc2c(c1)CCC2. The Morgan fingerprint density at radius 3 is 2.70 bits per heavy atom. The highest BCUT2D eigenvalue weighted by Crippen LogP contribution is 2.25. The van der Waals surface area contributed by atoms with Gasteiger partial charge in [0.15, 0.2) is 12.7 Å². The van der Waals surface area contributed by atoms with Gasteiger partial charge in [-0.05, 0) is 49.4 Å². The number of carbonyl (C=O) groups is 3. The van der Waals surface area contributed by atoms with Crippen LogP contribution in [0, 0.1) is 0 Å². The lowest BCUT2D eigenvalue weighted by atomic mass is 10.1. The summed E-state index contributed by atoms with van der Waals surface area (Å²) in [5.74, 6) is -0.866. The predicted octanol–water partition coefficient (Wildman–Crippen LogP) is 1.37. The Hall–Kier alpha value is -2.57. The van der Waals surface area contributed by atoms with E-state index in [-0.39, 0.29) is 6.61 Å². The average Bonchev–Trinajstić information content (AvgIpc) is 3.00. The molecule has 0 radical (unpaired) electrons. The molecule has 7 nitrogen and oxygen atoms in total. The molecule has 0 aromatic heterocycles. The summed E-state index contributed by atoms with van der Waals surface area (Å²) in [5.41, 5.74) is 2.55. The molecule has 1 aromatic rings. The van der Waals surface area contributed by atoms with Crippen molar-refractivity contribution in [3.05, 3.63) is 29.3 Å². The van der Waals surface area contributed by atoms with Gasteiger partial charge in [0.05, 0.1) is 7.11 Å². The number of aryl methyl sites for hydroxylation is 2. The fourth-order valence-corrected chi connectivity index (χ4v) is 2.32. The third-order valence-corrected chi connectivity index (χ3v) is 3.51. The molecule has 1 aliphatic rings. The molecule has 1 aromatic carbocycles. The fourth-order valence-electron chi connectivity index (χ4n) is 2.32. The van der Waals surface area contributed by atoms with E-state index < -0.39 is 24.1 Å². The Morgan fingerprint density at radius 2 is 1.96 bits per heavy atom. The standard InChI is InChI=1S/C16H19NO6/c1-10(15(19)17-16(20)21-2)23-14(18)9-22-13-7-6-11-4-3-5-12(11)8-13/h6-8,10H,3-5,9H2,1-2H3,(H,17,19,20)/t10-/m1/s1. The minimum atomic E-state index is -1.12. The van der Waals surface area contributed by atoms with E-state index in [2.05, 4.69) is 4.74 Å². The van der Waals surface area contributed by atoms with E-state index in [4.69, 9.17) is 9.47 Å². The number of hydrogen-bond donors (Lipinski definition) is 1. The van der Waals surface area contributed by atoms with Crippen LogP contribution in [0.2, 0.25) is 0 Å². The number of benzene rings is 1. The van der Waals surface area contributed by atoms with E-state index in [1.54, 1.807) is 0 Å². The van der Waals surface area contributed by atoms with Crippen LogP contribution in [0.25, 0.3) is 0 Å². The Balaban J connectivity index is 1.78. The van der Waals surface area contributed by atoms with Crippen molar-refractivity contribution in [3.63, 3.8) is 0 Å². The first-order valence-corrected chi connectivity index (χ1v) is 7.32. The van der Waals surface area contributed by atoms with Crippen molar-refractivity contribution >= 4 is 18.0 Å². The topological polar surface area (TPSA) is 90.9 Å². The molecule has 0 fully saturated rings. The summed E-state index contributed by atoms with van der Waals surface area (Å²) < 4.78 is 14.5. The van der Waals surface area contributed by atoms with E-state index in [1.165, 1.54) is 18.1 Å². The number of ether oxygens (including phenoxy) is 3. The maximum atomic E-state index is 11.7. The van der Waals surface area contributed by atoms with Crippen LogP contribution >= 0.6 is 0 Å². The summed E-state index contributed by atoms with van der Waals surface area (Å²) in [6.45, 7) is 1.04. The monoisotopic (exact) mass is 321 g/mol. The summed E-state index contributed by atoms with van der Waals surface area (Å²) in [5, 5.41) is 1.92. The number of esters is 1. The van der Waals surface area contributed by atoms with Crippen LogP contribution in [0.5, 0.6) is 5.75 Å². The number of imide groups is 1. The fraction of sp³-hybridized carbons (Fsp3) is 0.438. The molecule has 0 spiro atoms. The van der Waals surface area contributed by atoms with E-state index in [0.29, 0.717) is 5.75 Å². The zero-order valence-electron chi connectivity index (χ0n) is 13.1. The highest BCUT2D eigenvalue weighted by atomic mass is 16.6. The lowest BCUT2D eigenvalue weighted by Crippen LogP contribution is -2.40. The summed E-state index contributed by atoms with van der Waals surface area (Å²) >= 11 is 0. The average molecular weight is 321 g/mol. The molecule has 0 bridgehead atoms. The van der Waals surface area contributed by atoms with Crippen LogP contribution in [-0.4, -0.2) is 37.8 Å². The molecule has 0 saturated carbocycles. The van der Waals surface area contributed by atoms with Gasteiger partial charge >= 0.3 is 12.1 Å². The van der Waals surface area contributed by atoms with Gasteiger partial charge in [-0.15, -0.1) is 0 Å². The highest BCUT2D eigenvalue weighted by Gasteiger charge is 2.20. The molecule has 7 heteroatoms. The molecule has 0 aliphatic heterocycles. The second kappa shape index (κ2) is 7.62. The van der Waals surface area contributed by atoms with Gasteiger partial charge in [-0.1, -0.05) is 6.07 Å². The Bertz CT molecular complexity index is 613. The summed E-state index contributed by atoms with van der Waals surface area (Å²) in [7, 11) is 1.13. The number of nitrogens with one attached hydrogen (secondary N) is 1. The first kappa shape index (κ1) is 16.8. The van der Waals surface area contributed by atoms with Crippen LogP contribution in [0.3, 0.4) is 0 Å². The Morgan fingerprint density at radius 1 is 1.22 bits per heavy atom. The van der Waals surface area contributed by atoms with Crippen molar-refractivity contribution in [1.29, 1.82) is 0 Å². The number of alkyl carbamates (subject to hydrolysis) is 1. The largest absolute Gasteiger partial charge is 0.482 e. The van der Waals surface area contributed by atoms with E-state index in [0.717, 1.165) is 26.4 Å². The number of amides is 2. The number of fused-ring (bicyclic) bond motifs is 1. The van der Waals surface area contributed by atoms with Crippen LogP contribution in [0.1, 0.15) is 24.5 Å². The Labute approximate surface area is 133 Å². The molecule has 1 N–H and O–H groups in total. The zero-order chi connectivity index (χ0) is 16.8. The zero-order valence-corrected chi connectivity index (χ0v) is 13.1. The van der Waals surface area contributed by atoms with Gasteiger partial charge in [-0.2, -0.15) is 0 Å². The maximum Gasteiger partial charge on any atom is 0.413 e. The van der Waals surface area contributed by atoms with Crippen LogP contribution in [0.15, 0.2) is 18.2 Å². The van der Waals surface area contributed by atoms with Gasteiger partial charge in [0.1, 0.15) is 5.75 Å². The normalized spacial score (nSPS) is 13.7. The number of rotatable bonds is 5. The molecule has 2 rings (SSSR count). The molecule has 0 heterocycles. The van der Waals surface area contributed by atoms with Crippen molar-refractivity contribution in [2.45, 2.75) is 32.3 Å². The molecular weight excluding hydrogens is 302 g/mol. The molecule has 0 saturated heterocycles. The van der Waals surface area contributed by atoms with Gasteiger partial charge in [-0.25, -0.2) is 9.59 Å². The molecule has 0 unspecified atom stereocenters. The summed E-state index contributed by atoms with van der Waals surface area (Å²) in [6.07, 6.45) is 1.19. The van der Waals surface area contributed by atoms with Gasteiger partial charge in [-0.3, -0.25) is 10.1 Å². The molecule has 2 amide bonds. The quantitative estimate of drug-likeness (QED) is 0.824. The van der Waals surface area contributed by atoms with Gasteiger partial charge in [0.25, 0.3) is 5.91 Å². The molecular formula is C16H19NO6. The second-order valence-corrected chi connectivity index (χ2v) is 5.19. The van der Waals surface area contributed by atoms with E-state index >= 15 is 0 Å². The molecule has 23 heavy (non-hydrogen) atoms. The first-order chi connectivity index (χ1) is 11.0. The second-order valence-electron chi connectivity index (χ2n) is 5.19. The summed E-state index contributed by atoms with van der Waals surface area (Å²) in [4.78, 5) is 34.1. The lowest BCUT2D eigenvalue weighted by molar-refractivity contribution is -0.156. The predicted molar refractivity (Wildman–Crippen MR) is 80.1 cm³/mol. The smallest absolute Gasteiger partial charge is 0.413 e. The van der Waals surface area contributed by atoms with Crippen molar-refractivity contribution in [2.75, 3.05) is 13.7 Å². The summed E-state index contributed by atoms with van der Waals surface area (Å²) in [6, 6.07) is 5.73. The van der Waals surface area contributed by atoms with Crippen molar-refractivity contribution in [1.82, 2.24) is 5.32 Å². The van der Waals surface area contributed by atoms with Crippen molar-refractivity contribution < 1.29 is 28.6 Å². The number of hydrogen-bond acceptors (Lipinski definition) is 6. The molecule has 1 atom stereocenters. The lowest BCUT2D eigenvalue weighted by Gasteiger charge is -2.13. The molecule has 124 valence electrons. The van der Waals surface area contributed by atoms with Crippen LogP contribution in [-0.2, 0) is 31.9 Å². The third kappa shape index (κ3) is 4.70. The van der Waals surface area contributed by atoms with Crippen molar-refractivity contribution in [3.8, 4) is 5.75 Å². The minimum Gasteiger partial charge on any atom is -0.482 e. The third-order valence-electron chi connectivity index (χ3n) is 3.51. The first-order valence-electron chi connectivity index (χ1n) is 7.32.